The highest BCUT2D eigenvalue weighted by Crippen LogP contribution is 2.42. The predicted octanol–water partition coefficient (Wildman–Crippen LogP) is 4.91. The number of non-ortho nitro benzene ring substituents is 1. The normalized spacial score (nSPS) is 15.1. The largest absolute Gasteiger partial charge is 0.462 e. The first-order chi connectivity index (χ1) is 15.4. The molecule has 32 heavy (non-hydrogen) atoms. The standard InChI is InChI=1S/C23H21N3O5S/c1-3-31-23(28)20-19-18(14(2)32-20)22(27)25(13-15-7-5-4-6-8-15)21(24-19)16-9-11-17(12-10-16)26(29)30/h4-12,21,24H,3,13H2,1-2H3/t21-/m1/s1. The van der Waals surface area contributed by atoms with Crippen LogP contribution < -0.4 is 5.32 Å². The third kappa shape index (κ3) is 3.94. The van der Waals surface area contributed by atoms with E-state index in [9.17, 15) is 19.7 Å². The van der Waals surface area contributed by atoms with Crippen molar-refractivity contribution in [3.05, 3.63) is 91.2 Å². The Bertz CT molecular complexity index is 1170. The molecule has 1 aromatic heterocycles. The summed E-state index contributed by atoms with van der Waals surface area (Å²) in [5.41, 5.74) is 2.47. The molecule has 1 aliphatic heterocycles. The number of thiophene rings is 1. The Balaban J connectivity index is 1.79. The molecule has 9 heteroatoms. The summed E-state index contributed by atoms with van der Waals surface area (Å²) in [6, 6.07) is 15.6. The van der Waals surface area contributed by atoms with Gasteiger partial charge in [-0.05, 0) is 37.1 Å². The van der Waals surface area contributed by atoms with Gasteiger partial charge in [0.1, 0.15) is 11.0 Å². The number of anilines is 1. The van der Waals surface area contributed by atoms with Gasteiger partial charge in [0.15, 0.2) is 0 Å². The number of carbonyl (C=O) groups excluding carboxylic acids is 2. The Morgan fingerprint density at radius 3 is 2.50 bits per heavy atom. The quantitative estimate of drug-likeness (QED) is 0.325. The third-order valence-corrected chi connectivity index (χ3v) is 6.31. The second-order valence-electron chi connectivity index (χ2n) is 7.27. The summed E-state index contributed by atoms with van der Waals surface area (Å²) in [6.45, 7) is 4.09. The van der Waals surface area contributed by atoms with Crippen LogP contribution in [-0.4, -0.2) is 28.3 Å². The fraction of sp³-hybridized carbons (Fsp3) is 0.217. The van der Waals surface area contributed by atoms with E-state index in [1.54, 1.807) is 30.9 Å². The molecule has 164 valence electrons. The summed E-state index contributed by atoms with van der Waals surface area (Å²) in [5, 5.41) is 14.4. The van der Waals surface area contributed by atoms with E-state index in [1.807, 2.05) is 30.3 Å². The van der Waals surface area contributed by atoms with E-state index in [4.69, 9.17) is 4.74 Å². The molecule has 1 N–H and O–H groups in total. The van der Waals surface area contributed by atoms with E-state index in [0.717, 1.165) is 10.4 Å². The van der Waals surface area contributed by atoms with Crippen LogP contribution in [0.4, 0.5) is 11.4 Å². The van der Waals surface area contributed by atoms with Crippen LogP contribution in [0.1, 0.15) is 49.1 Å². The van der Waals surface area contributed by atoms with Crippen LogP contribution >= 0.6 is 11.3 Å². The molecule has 1 amide bonds. The van der Waals surface area contributed by atoms with Gasteiger partial charge in [0.2, 0.25) is 0 Å². The first-order valence-corrected chi connectivity index (χ1v) is 10.9. The molecule has 3 aromatic rings. The molecule has 2 heterocycles. The number of nitrogens with zero attached hydrogens (tertiary/aromatic N) is 2. The number of nitro groups is 1. The zero-order valence-corrected chi connectivity index (χ0v) is 18.3. The molecule has 0 radical (unpaired) electrons. The number of aryl methyl sites for hydroxylation is 1. The summed E-state index contributed by atoms with van der Waals surface area (Å²) >= 11 is 1.22. The third-order valence-electron chi connectivity index (χ3n) is 5.23. The second kappa shape index (κ2) is 8.80. The second-order valence-corrected chi connectivity index (χ2v) is 8.50. The van der Waals surface area contributed by atoms with Crippen LogP contribution in [0.3, 0.4) is 0 Å². The van der Waals surface area contributed by atoms with Crippen LogP contribution in [0.15, 0.2) is 54.6 Å². The molecule has 1 aliphatic rings. The van der Waals surface area contributed by atoms with Crippen molar-refractivity contribution in [1.82, 2.24) is 4.90 Å². The average molecular weight is 452 g/mol. The zero-order chi connectivity index (χ0) is 22.8. The van der Waals surface area contributed by atoms with Crippen molar-refractivity contribution in [2.75, 3.05) is 11.9 Å². The van der Waals surface area contributed by atoms with Crippen molar-refractivity contribution < 1.29 is 19.2 Å². The molecular formula is C23H21N3O5S. The van der Waals surface area contributed by atoms with Crippen molar-refractivity contribution in [2.45, 2.75) is 26.6 Å². The van der Waals surface area contributed by atoms with Crippen LogP contribution in [0.5, 0.6) is 0 Å². The van der Waals surface area contributed by atoms with Crippen LogP contribution in [-0.2, 0) is 11.3 Å². The summed E-state index contributed by atoms with van der Waals surface area (Å²) in [4.78, 5) is 39.5. The van der Waals surface area contributed by atoms with Crippen LogP contribution in [0.25, 0.3) is 0 Å². The number of nitrogens with one attached hydrogen (secondary N) is 1. The van der Waals surface area contributed by atoms with E-state index in [0.29, 0.717) is 28.2 Å². The number of ether oxygens (including phenoxy) is 1. The SMILES string of the molecule is CCOC(=O)c1sc(C)c2c1N[C@@H](c1ccc([N+](=O)[O-])cc1)N(Cc1ccccc1)C2=O. The Labute approximate surface area is 188 Å². The maximum atomic E-state index is 13.6. The minimum atomic E-state index is -0.613. The minimum Gasteiger partial charge on any atom is -0.462 e. The lowest BCUT2D eigenvalue weighted by atomic mass is 10.0. The summed E-state index contributed by atoms with van der Waals surface area (Å²) < 4.78 is 5.18. The number of fused-ring (bicyclic) bond motifs is 1. The maximum absolute atomic E-state index is 13.6. The van der Waals surface area contributed by atoms with Gasteiger partial charge in [0, 0.05) is 23.6 Å². The van der Waals surface area contributed by atoms with Crippen molar-refractivity contribution in [2.24, 2.45) is 0 Å². The van der Waals surface area contributed by atoms with E-state index >= 15 is 0 Å². The molecule has 0 unspecified atom stereocenters. The van der Waals surface area contributed by atoms with E-state index in [-0.39, 0.29) is 18.2 Å². The van der Waals surface area contributed by atoms with Gasteiger partial charge in [-0.2, -0.15) is 0 Å². The average Bonchev–Trinajstić information content (AvgIpc) is 3.13. The van der Waals surface area contributed by atoms with Gasteiger partial charge < -0.3 is 15.0 Å². The Kier molecular flexibility index (Phi) is 5.91. The number of hydrogen-bond acceptors (Lipinski definition) is 7. The van der Waals surface area contributed by atoms with Gasteiger partial charge >= 0.3 is 5.97 Å². The molecule has 0 aliphatic carbocycles. The molecule has 0 spiro atoms. The fourth-order valence-electron chi connectivity index (χ4n) is 3.74. The molecule has 0 saturated carbocycles. The zero-order valence-electron chi connectivity index (χ0n) is 17.5. The van der Waals surface area contributed by atoms with E-state index in [1.165, 1.54) is 23.5 Å². The Morgan fingerprint density at radius 2 is 1.88 bits per heavy atom. The number of benzene rings is 2. The van der Waals surface area contributed by atoms with Crippen molar-refractivity contribution >= 4 is 34.6 Å². The topological polar surface area (TPSA) is 102 Å². The molecule has 4 rings (SSSR count). The molecule has 2 aromatic carbocycles. The first kappa shape index (κ1) is 21.5. The number of amides is 1. The molecule has 8 nitrogen and oxygen atoms in total. The first-order valence-electron chi connectivity index (χ1n) is 10.1. The van der Waals surface area contributed by atoms with Crippen molar-refractivity contribution in [1.29, 1.82) is 0 Å². The van der Waals surface area contributed by atoms with Crippen molar-refractivity contribution in [3.8, 4) is 0 Å². The minimum absolute atomic E-state index is 0.0372. The molecule has 0 bridgehead atoms. The predicted molar refractivity (Wildman–Crippen MR) is 121 cm³/mol. The van der Waals surface area contributed by atoms with Crippen LogP contribution in [0.2, 0.25) is 0 Å². The van der Waals surface area contributed by atoms with Gasteiger partial charge in [-0.15, -0.1) is 11.3 Å². The maximum Gasteiger partial charge on any atom is 0.350 e. The lowest BCUT2D eigenvalue weighted by Gasteiger charge is -2.37. The molecule has 0 saturated heterocycles. The molecular weight excluding hydrogens is 430 g/mol. The number of esters is 1. The number of nitro benzene ring substituents is 1. The van der Waals surface area contributed by atoms with Gasteiger partial charge in [0.25, 0.3) is 11.6 Å². The van der Waals surface area contributed by atoms with Crippen molar-refractivity contribution in [3.63, 3.8) is 0 Å². The lowest BCUT2D eigenvalue weighted by Crippen LogP contribution is -2.42. The highest BCUT2D eigenvalue weighted by atomic mass is 32.1. The smallest absolute Gasteiger partial charge is 0.350 e. The monoisotopic (exact) mass is 451 g/mol. The molecule has 0 fully saturated rings. The van der Waals surface area contributed by atoms with Gasteiger partial charge in [-0.3, -0.25) is 14.9 Å². The summed E-state index contributed by atoms with van der Waals surface area (Å²) in [6.07, 6.45) is -0.613. The van der Waals surface area contributed by atoms with Gasteiger partial charge in [0.05, 0.1) is 22.8 Å². The summed E-state index contributed by atoms with van der Waals surface area (Å²) in [5.74, 6) is -0.698. The number of hydrogen-bond donors (Lipinski definition) is 1. The fourth-order valence-corrected chi connectivity index (χ4v) is 4.74. The Morgan fingerprint density at radius 1 is 1.19 bits per heavy atom. The lowest BCUT2D eigenvalue weighted by molar-refractivity contribution is -0.384. The number of rotatable bonds is 6. The van der Waals surface area contributed by atoms with E-state index < -0.39 is 17.1 Å². The Hall–Kier alpha value is -3.72. The number of carbonyl (C=O) groups is 2. The van der Waals surface area contributed by atoms with Crippen LogP contribution in [0, 0.1) is 17.0 Å². The van der Waals surface area contributed by atoms with Gasteiger partial charge in [-0.1, -0.05) is 30.3 Å². The van der Waals surface area contributed by atoms with Gasteiger partial charge in [-0.25, -0.2) is 4.79 Å². The van der Waals surface area contributed by atoms with E-state index in [2.05, 4.69) is 5.32 Å². The highest BCUT2D eigenvalue weighted by Gasteiger charge is 2.38. The highest BCUT2D eigenvalue weighted by molar-refractivity contribution is 7.15. The molecule has 1 atom stereocenters. The summed E-state index contributed by atoms with van der Waals surface area (Å²) in [7, 11) is 0.